The van der Waals surface area contributed by atoms with E-state index < -0.39 is 49.3 Å². The highest BCUT2D eigenvalue weighted by Gasteiger charge is 2.46. The largest absolute Gasteiger partial charge is 0.393 e. The first kappa shape index (κ1) is 15.6. The second kappa shape index (κ2) is 5.39. The fourth-order valence-corrected chi connectivity index (χ4v) is 4.52. The molecule has 0 N–H and O–H groups in total. The van der Waals surface area contributed by atoms with Gasteiger partial charge in [-0.15, -0.1) is 0 Å². The van der Waals surface area contributed by atoms with Crippen LogP contribution < -0.4 is 0 Å². The molecule has 2 bridgehead atoms. The zero-order chi connectivity index (χ0) is 16.8. The normalized spacial score (nSPS) is 25.0. The van der Waals surface area contributed by atoms with Crippen LogP contribution in [0.5, 0.6) is 0 Å². The molecule has 0 radical (unpaired) electrons. The monoisotopic (exact) mass is 340 g/mol. The van der Waals surface area contributed by atoms with Crippen LogP contribution in [0, 0.1) is 22.0 Å². The van der Waals surface area contributed by atoms with Gasteiger partial charge in [-0.05, 0) is 12.5 Å². The molecule has 0 amide bonds. The van der Waals surface area contributed by atoms with Crippen LogP contribution in [-0.2, 0) is 24.3 Å². The molecular weight excluding hydrogens is 328 g/mol. The minimum atomic E-state index is -4.19. The van der Waals surface area contributed by atoms with E-state index in [1.165, 1.54) is 12.1 Å². The van der Waals surface area contributed by atoms with Gasteiger partial charge in [0.05, 0.1) is 16.8 Å². The molecule has 10 heteroatoms. The van der Waals surface area contributed by atoms with E-state index in [-0.39, 0.29) is 19.5 Å². The second-order valence-electron chi connectivity index (χ2n) is 5.42. The Hall–Kier alpha value is -2.33. The van der Waals surface area contributed by atoms with E-state index >= 15 is 0 Å². The van der Waals surface area contributed by atoms with E-state index in [0.29, 0.717) is 0 Å². The van der Waals surface area contributed by atoms with E-state index in [2.05, 4.69) is 4.74 Å². The SMILES string of the molecule is O=C1OC(=O)[C@H]2C[C@H]1CN(S(=O)(=O)c1ccccc1[N+](=O)[O-])C2. The summed E-state index contributed by atoms with van der Waals surface area (Å²) in [6.45, 7) is -0.312. The van der Waals surface area contributed by atoms with E-state index in [1.807, 2.05) is 0 Å². The molecule has 9 nitrogen and oxygen atoms in total. The van der Waals surface area contributed by atoms with Crippen molar-refractivity contribution < 1.29 is 27.7 Å². The number of sulfonamides is 1. The number of nitro groups is 1. The second-order valence-corrected chi connectivity index (χ2v) is 7.32. The minimum absolute atomic E-state index is 0.156. The number of cyclic esters (lactones) is 2. The van der Waals surface area contributed by atoms with Gasteiger partial charge < -0.3 is 4.74 Å². The highest BCUT2D eigenvalue weighted by atomic mass is 32.2. The van der Waals surface area contributed by atoms with Crippen LogP contribution in [0.15, 0.2) is 29.2 Å². The molecule has 3 rings (SSSR count). The lowest BCUT2D eigenvalue weighted by Gasteiger charge is -2.37. The lowest BCUT2D eigenvalue weighted by atomic mass is 9.88. The number of carbonyl (C=O) groups excluding carboxylic acids is 2. The number of rotatable bonds is 3. The van der Waals surface area contributed by atoms with Crippen molar-refractivity contribution in [1.82, 2.24) is 4.31 Å². The summed E-state index contributed by atoms with van der Waals surface area (Å²) in [4.78, 5) is 33.1. The van der Waals surface area contributed by atoms with Gasteiger partial charge in [-0.25, -0.2) is 8.42 Å². The van der Waals surface area contributed by atoms with Crippen LogP contribution in [0.1, 0.15) is 6.42 Å². The molecule has 2 atom stereocenters. The Balaban J connectivity index is 1.99. The Morgan fingerprint density at radius 1 is 1.13 bits per heavy atom. The van der Waals surface area contributed by atoms with Crippen LogP contribution in [-0.4, -0.2) is 42.7 Å². The average molecular weight is 340 g/mol. The first-order valence-electron chi connectivity index (χ1n) is 6.80. The zero-order valence-corrected chi connectivity index (χ0v) is 12.6. The third-order valence-corrected chi connectivity index (χ3v) is 5.84. The Labute approximate surface area is 131 Å². The van der Waals surface area contributed by atoms with Gasteiger partial charge in [-0.3, -0.25) is 19.7 Å². The fraction of sp³-hybridized carbons (Fsp3) is 0.385. The third kappa shape index (κ3) is 2.59. The molecule has 0 aromatic heterocycles. The van der Waals surface area contributed by atoms with Crippen LogP contribution in [0.2, 0.25) is 0 Å². The van der Waals surface area contributed by atoms with Crippen molar-refractivity contribution in [2.75, 3.05) is 13.1 Å². The van der Waals surface area contributed by atoms with Gasteiger partial charge in [0.15, 0.2) is 4.90 Å². The summed E-state index contributed by atoms with van der Waals surface area (Å²) in [6, 6.07) is 4.97. The Bertz CT molecular complexity index is 782. The molecule has 2 saturated heterocycles. The number of nitrogens with zero attached hydrogens (tertiary/aromatic N) is 2. The number of carbonyl (C=O) groups is 2. The quantitative estimate of drug-likeness (QED) is 0.335. The van der Waals surface area contributed by atoms with Gasteiger partial charge >= 0.3 is 11.9 Å². The Kier molecular flexibility index (Phi) is 3.65. The van der Waals surface area contributed by atoms with Crippen LogP contribution in [0.3, 0.4) is 0 Å². The number of para-hydroxylation sites is 1. The standard InChI is InChI=1S/C13H12N2O7S/c16-12-8-5-9(13(17)22-12)7-14(6-8)23(20,21)11-4-2-1-3-10(11)15(18)19/h1-4,8-9H,5-7H2/t8-,9-/m0/s1. The van der Waals surface area contributed by atoms with Gasteiger partial charge in [0.25, 0.3) is 5.69 Å². The number of nitro benzene ring substituents is 1. The summed E-state index contributed by atoms with van der Waals surface area (Å²) >= 11 is 0. The predicted molar refractivity (Wildman–Crippen MR) is 74.6 cm³/mol. The van der Waals surface area contributed by atoms with Crippen LogP contribution in [0.4, 0.5) is 5.69 Å². The van der Waals surface area contributed by atoms with Crippen molar-refractivity contribution in [3.63, 3.8) is 0 Å². The first-order chi connectivity index (χ1) is 10.8. The smallest absolute Gasteiger partial charge is 0.317 e. The highest BCUT2D eigenvalue weighted by Crippen LogP contribution is 2.34. The van der Waals surface area contributed by atoms with Gasteiger partial charge in [0.2, 0.25) is 10.0 Å². The minimum Gasteiger partial charge on any atom is -0.393 e. The molecule has 0 aliphatic carbocycles. The number of hydrogen-bond donors (Lipinski definition) is 0. The highest BCUT2D eigenvalue weighted by molar-refractivity contribution is 7.89. The van der Waals surface area contributed by atoms with E-state index in [0.717, 1.165) is 16.4 Å². The Morgan fingerprint density at radius 2 is 1.70 bits per heavy atom. The van der Waals surface area contributed by atoms with Crippen molar-refractivity contribution in [3.8, 4) is 0 Å². The molecule has 2 heterocycles. The summed E-state index contributed by atoms with van der Waals surface area (Å²) in [6.07, 6.45) is 0.237. The molecule has 0 unspecified atom stereocenters. The summed E-state index contributed by atoms with van der Waals surface area (Å²) < 4.78 is 31.0. The lowest BCUT2D eigenvalue weighted by Crippen LogP contribution is -2.52. The van der Waals surface area contributed by atoms with Gasteiger partial charge in [-0.2, -0.15) is 4.31 Å². The third-order valence-electron chi connectivity index (χ3n) is 3.96. The van der Waals surface area contributed by atoms with Crippen molar-refractivity contribution >= 4 is 27.6 Å². The molecule has 0 spiro atoms. The summed E-state index contributed by atoms with van der Waals surface area (Å²) in [5.74, 6) is -2.98. The molecule has 1 aromatic carbocycles. The predicted octanol–water partition coefficient (Wildman–Crippen LogP) is 0.305. The molecule has 2 aliphatic rings. The van der Waals surface area contributed by atoms with Gasteiger partial charge in [-0.1, -0.05) is 12.1 Å². The Morgan fingerprint density at radius 3 is 2.26 bits per heavy atom. The summed E-state index contributed by atoms with van der Waals surface area (Å²) in [5, 5.41) is 11.0. The van der Waals surface area contributed by atoms with Gasteiger partial charge in [0, 0.05) is 19.2 Å². The lowest BCUT2D eigenvalue weighted by molar-refractivity contribution is -0.387. The topological polar surface area (TPSA) is 124 Å². The van der Waals surface area contributed by atoms with E-state index in [4.69, 9.17) is 0 Å². The number of hydrogen-bond acceptors (Lipinski definition) is 7. The molecule has 1 aromatic rings. The average Bonchev–Trinajstić information content (AvgIpc) is 2.53. The first-order valence-corrected chi connectivity index (χ1v) is 8.24. The van der Waals surface area contributed by atoms with Crippen LogP contribution in [0.25, 0.3) is 0 Å². The number of benzene rings is 1. The molecule has 23 heavy (non-hydrogen) atoms. The van der Waals surface area contributed by atoms with Crippen molar-refractivity contribution in [2.45, 2.75) is 11.3 Å². The molecular formula is C13H12N2O7S. The van der Waals surface area contributed by atoms with Crippen molar-refractivity contribution in [2.24, 2.45) is 11.8 Å². The number of ether oxygens (including phenoxy) is 1. The fourth-order valence-electron chi connectivity index (χ4n) is 2.83. The summed E-state index contributed by atoms with van der Waals surface area (Å²) in [7, 11) is -4.19. The maximum Gasteiger partial charge on any atom is 0.317 e. The number of fused-ring (bicyclic) bond motifs is 2. The van der Waals surface area contributed by atoms with Crippen molar-refractivity contribution in [3.05, 3.63) is 34.4 Å². The maximum absolute atomic E-state index is 12.7. The van der Waals surface area contributed by atoms with Gasteiger partial charge in [0.1, 0.15) is 0 Å². The molecule has 2 aliphatic heterocycles. The molecule has 0 saturated carbocycles. The molecule has 122 valence electrons. The van der Waals surface area contributed by atoms with Crippen LogP contribution >= 0.6 is 0 Å². The number of esters is 2. The molecule has 2 fully saturated rings. The van der Waals surface area contributed by atoms with E-state index in [1.54, 1.807) is 0 Å². The summed E-state index contributed by atoms with van der Waals surface area (Å²) in [5.41, 5.74) is -0.544. The number of piperidine rings is 1. The zero-order valence-electron chi connectivity index (χ0n) is 11.7. The van der Waals surface area contributed by atoms with Crippen molar-refractivity contribution in [1.29, 1.82) is 0 Å². The maximum atomic E-state index is 12.7. The van der Waals surface area contributed by atoms with E-state index in [9.17, 15) is 28.1 Å².